The van der Waals surface area contributed by atoms with Crippen molar-refractivity contribution in [3.63, 3.8) is 0 Å². The lowest BCUT2D eigenvalue weighted by atomic mass is 9.94. The fourth-order valence-corrected chi connectivity index (χ4v) is 2.21. The number of hydrogen-bond donors (Lipinski definition) is 0. The van der Waals surface area contributed by atoms with Crippen molar-refractivity contribution in [1.29, 1.82) is 0 Å². The van der Waals surface area contributed by atoms with E-state index < -0.39 is 0 Å². The fourth-order valence-electron chi connectivity index (χ4n) is 2.21. The van der Waals surface area contributed by atoms with Crippen LogP contribution in [-0.4, -0.2) is 14.2 Å². The van der Waals surface area contributed by atoms with Crippen molar-refractivity contribution in [1.82, 2.24) is 0 Å². The van der Waals surface area contributed by atoms with Gasteiger partial charge in [0.15, 0.2) is 11.5 Å². The molecule has 0 aromatic heterocycles. The maximum atomic E-state index is 5.45. The molecule has 0 saturated heterocycles. The highest BCUT2D eigenvalue weighted by Gasteiger charge is 2.14. The maximum absolute atomic E-state index is 5.45. The predicted octanol–water partition coefficient (Wildman–Crippen LogP) is 4.59. The highest BCUT2D eigenvalue weighted by Crippen LogP contribution is 2.36. The number of benzene rings is 1. The van der Waals surface area contributed by atoms with Gasteiger partial charge in [-0.2, -0.15) is 0 Å². The molecule has 0 spiro atoms. The first-order valence-corrected chi connectivity index (χ1v) is 6.78. The molecule has 0 aliphatic heterocycles. The second kappa shape index (κ2) is 8.02. The minimum absolute atomic E-state index is 0.270. The molecule has 1 aromatic rings. The zero-order valence-corrected chi connectivity index (χ0v) is 11.9. The summed E-state index contributed by atoms with van der Waals surface area (Å²) in [5.74, 6) is 1.89. The Morgan fingerprint density at radius 1 is 1.11 bits per heavy atom. The molecule has 0 aliphatic rings. The Morgan fingerprint density at radius 3 is 2.50 bits per heavy atom. The molecule has 0 fully saturated rings. The summed E-state index contributed by atoms with van der Waals surface area (Å²) in [6.45, 7) is 6.48. The number of methoxy groups -OCH3 is 2. The van der Waals surface area contributed by atoms with Gasteiger partial charge < -0.3 is 9.47 Å². The van der Waals surface area contributed by atoms with Crippen LogP contribution in [0.4, 0.5) is 0 Å². The maximum Gasteiger partial charge on any atom is 0.164 e. The van der Waals surface area contributed by atoms with Crippen LogP contribution in [0.1, 0.15) is 50.5 Å². The molecule has 0 heterocycles. The van der Waals surface area contributed by atoms with E-state index in [1.54, 1.807) is 14.2 Å². The van der Waals surface area contributed by atoms with E-state index in [-0.39, 0.29) is 5.92 Å². The normalized spacial score (nSPS) is 12.2. The van der Waals surface area contributed by atoms with E-state index in [1.165, 1.54) is 25.7 Å². The van der Waals surface area contributed by atoms with Crippen LogP contribution in [0.25, 0.3) is 0 Å². The van der Waals surface area contributed by atoms with Crippen molar-refractivity contribution < 1.29 is 9.47 Å². The summed E-state index contributed by atoms with van der Waals surface area (Å²) in [5.41, 5.74) is 1.15. The Labute approximate surface area is 111 Å². The molecule has 1 atom stereocenters. The first kappa shape index (κ1) is 14.9. The summed E-state index contributed by atoms with van der Waals surface area (Å²) in [4.78, 5) is 0. The van der Waals surface area contributed by atoms with Crippen molar-refractivity contribution in [2.75, 3.05) is 14.2 Å². The summed E-state index contributed by atoms with van der Waals surface area (Å²) in [7, 11) is 3.35. The van der Waals surface area contributed by atoms with Crippen LogP contribution in [-0.2, 0) is 0 Å². The van der Waals surface area contributed by atoms with Gasteiger partial charge in [-0.25, -0.2) is 0 Å². The number of hydrogen-bond acceptors (Lipinski definition) is 2. The summed E-state index contributed by atoms with van der Waals surface area (Å²) in [6.07, 6.45) is 6.19. The largest absolute Gasteiger partial charge is 0.493 e. The fraction of sp³-hybridized carbons (Fsp3) is 0.562. The van der Waals surface area contributed by atoms with E-state index >= 15 is 0 Å². The van der Waals surface area contributed by atoms with E-state index in [9.17, 15) is 0 Å². The molecule has 101 valence electrons. The summed E-state index contributed by atoms with van der Waals surface area (Å²) < 4.78 is 10.8. The van der Waals surface area contributed by atoms with Gasteiger partial charge in [0.25, 0.3) is 0 Å². The summed E-state index contributed by atoms with van der Waals surface area (Å²) in [5, 5.41) is 0. The van der Waals surface area contributed by atoms with Crippen LogP contribution in [0.3, 0.4) is 0 Å². The van der Waals surface area contributed by atoms with Crippen molar-refractivity contribution >= 4 is 0 Å². The van der Waals surface area contributed by atoms with Gasteiger partial charge in [0.1, 0.15) is 0 Å². The minimum Gasteiger partial charge on any atom is -0.493 e. The van der Waals surface area contributed by atoms with Gasteiger partial charge in [-0.15, -0.1) is 0 Å². The molecule has 1 unspecified atom stereocenters. The Hall–Kier alpha value is -1.18. The van der Waals surface area contributed by atoms with Crippen LogP contribution in [0.2, 0.25) is 0 Å². The first-order valence-electron chi connectivity index (χ1n) is 6.78. The Bertz CT molecular complexity index is 347. The highest BCUT2D eigenvalue weighted by molar-refractivity contribution is 5.48. The summed E-state index contributed by atoms with van der Waals surface area (Å²) >= 11 is 0. The third-order valence-electron chi connectivity index (χ3n) is 3.28. The van der Waals surface area contributed by atoms with Gasteiger partial charge >= 0.3 is 0 Å². The van der Waals surface area contributed by atoms with Crippen molar-refractivity contribution in [3.05, 3.63) is 30.7 Å². The minimum atomic E-state index is 0.270. The zero-order chi connectivity index (χ0) is 13.4. The summed E-state index contributed by atoms with van der Waals surface area (Å²) in [6, 6.07) is 6.01. The Balaban J connectivity index is 2.69. The van der Waals surface area contributed by atoms with Crippen molar-refractivity contribution in [2.24, 2.45) is 0 Å². The molecule has 2 heteroatoms. The lowest BCUT2D eigenvalue weighted by Gasteiger charge is -2.17. The van der Waals surface area contributed by atoms with Gasteiger partial charge in [0, 0.05) is 5.56 Å². The molecule has 0 N–H and O–H groups in total. The molecule has 1 rings (SSSR count). The molecular formula is C16H25O2. The lowest BCUT2D eigenvalue weighted by Crippen LogP contribution is -2.00. The standard InChI is InChI=1S/C16H25O2/c1-5-6-7-8-10-13(2)14-11-9-12-15(17-3)16(14)18-4/h9,11-13H,2,5-8,10H2,1,3-4H3. The smallest absolute Gasteiger partial charge is 0.164 e. The van der Waals surface area contributed by atoms with Gasteiger partial charge in [0.05, 0.1) is 14.2 Å². The third kappa shape index (κ3) is 3.94. The first-order chi connectivity index (χ1) is 8.74. The van der Waals surface area contributed by atoms with Crippen LogP contribution in [0.15, 0.2) is 18.2 Å². The van der Waals surface area contributed by atoms with E-state index in [0.29, 0.717) is 0 Å². The number of unbranched alkanes of at least 4 members (excludes halogenated alkanes) is 3. The zero-order valence-electron chi connectivity index (χ0n) is 11.9. The monoisotopic (exact) mass is 249 g/mol. The quantitative estimate of drug-likeness (QED) is 0.627. The Kier molecular flexibility index (Phi) is 6.63. The molecule has 0 amide bonds. The molecule has 18 heavy (non-hydrogen) atoms. The number of ether oxygens (including phenoxy) is 2. The van der Waals surface area contributed by atoms with Crippen LogP contribution in [0, 0.1) is 6.92 Å². The molecule has 0 bridgehead atoms. The topological polar surface area (TPSA) is 18.5 Å². The van der Waals surface area contributed by atoms with Crippen molar-refractivity contribution in [2.45, 2.75) is 44.9 Å². The van der Waals surface area contributed by atoms with Gasteiger partial charge in [-0.1, -0.05) is 44.7 Å². The average molecular weight is 249 g/mol. The molecule has 1 radical (unpaired) electrons. The van der Waals surface area contributed by atoms with Crippen molar-refractivity contribution in [3.8, 4) is 11.5 Å². The third-order valence-corrected chi connectivity index (χ3v) is 3.28. The van der Waals surface area contributed by atoms with Gasteiger partial charge in [-0.3, -0.25) is 0 Å². The van der Waals surface area contributed by atoms with E-state index in [0.717, 1.165) is 23.5 Å². The predicted molar refractivity (Wildman–Crippen MR) is 76.4 cm³/mol. The Morgan fingerprint density at radius 2 is 1.89 bits per heavy atom. The molecular weight excluding hydrogens is 224 g/mol. The average Bonchev–Trinajstić information content (AvgIpc) is 2.42. The van der Waals surface area contributed by atoms with Crippen LogP contribution in [0.5, 0.6) is 11.5 Å². The molecule has 0 aliphatic carbocycles. The molecule has 2 nitrogen and oxygen atoms in total. The lowest BCUT2D eigenvalue weighted by molar-refractivity contribution is 0.350. The second-order valence-corrected chi connectivity index (χ2v) is 4.63. The van der Waals surface area contributed by atoms with Crippen LogP contribution < -0.4 is 9.47 Å². The van der Waals surface area contributed by atoms with E-state index in [4.69, 9.17) is 9.47 Å². The highest BCUT2D eigenvalue weighted by atomic mass is 16.5. The number of rotatable bonds is 8. The van der Waals surface area contributed by atoms with Gasteiger partial charge in [0.2, 0.25) is 0 Å². The molecule has 1 aromatic carbocycles. The SMILES string of the molecule is [CH2]C(CCCCCC)c1cccc(OC)c1OC. The number of para-hydroxylation sites is 1. The van der Waals surface area contributed by atoms with Gasteiger partial charge in [-0.05, 0) is 25.3 Å². The van der Waals surface area contributed by atoms with Crippen LogP contribution >= 0.6 is 0 Å². The van der Waals surface area contributed by atoms with E-state index in [2.05, 4.69) is 19.9 Å². The van der Waals surface area contributed by atoms with E-state index in [1.807, 2.05) is 12.1 Å². The second-order valence-electron chi connectivity index (χ2n) is 4.63. The molecule has 0 saturated carbocycles.